The Balaban J connectivity index is 1.60. The van der Waals surface area contributed by atoms with Gasteiger partial charge in [-0.2, -0.15) is 0 Å². The minimum atomic E-state index is 0.0271. The normalized spacial score (nSPS) is 15.6. The van der Waals surface area contributed by atoms with Crippen molar-refractivity contribution in [3.05, 3.63) is 46.5 Å². The number of nitrogens with two attached hydrogens (primary N) is 1. The van der Waals surface area contributed by atoms with Gasteiger partial charge in [0.25, 0.3) is 0 Å². The van der Waals surface area contributed by atoms with E-state index in [2.05, 4.69) is 0 Å². The monoisotopic (exact) mass is 358 g/mol. The van der Waals surface area contributed by atoms with Crippen molar-refractivity contribution in [1.82, 2.24) is 0 Å². The molecule has 130 valence electrons. The summed E-state index contributed by atoms with van der Waals surface area (Å²) in [6.45, 7) is 1.67. The van der Waals surface area contributed by atoms with Gasteiger partial charge in [-0.25, -0.2) is 0 Å². The maximum atomic E-state index is 12.9. The summed E-state index contributed by atoms with van der Waals surface area (Å²) in [4.78, 5) is 14.7. The van der Waals surface area contributed by atoms with Crippen molar-refractivity contribution in [2.75, 3.05) is 30.4 Å². The van der Waals surface area contributed by atoms with Crippen LogP contribution in [-0.4, -0.2) is 25.7 Å². The number of anilines is 2. The van der Waals surface area contributed by atoms with Gasteiger partial charge in [0.1, 0.15) is 13.2 Å². The highest BCUT2D eigenvalue weighted by Gasteiger charge is 2.25. The Labute approximate surface area is 151 Å². The second-order valence-electron chi connectivity index (χ2n) is 6.27. The number of fused-ring (bicyclic) bond motifs is 2. The lowest BCUT2D eigenvalue weighted by molar-refractivity contribution is -0.118. The van der Waals surface area contributed by atoms with Gasteiger partial charge in [0, 0.05) is 17.9 Å². The number of rotatable bonds is 2. The summed E-state index contributed by atoms with van der Waals surface area (Å²) in [6.07, 6.45) is 2.07. The molecule has 0 unspecified atom stereocenters. The Hall–Kier alpha value is -2.40. The molecule has 4 rings (SSSR count). The molecule has 2 aliphatic heterocycles. The van der Waals surface area contributed by atoms with Crippen LogP contribution in [0.25, 0.3) is 0 Å². The Morgan fingerprint density at radius 2 is 2.08 bits per heavy atom. The highest BCUT2D eigenvalue weighted by Crippen LogP contribution is 2.39. The Morgan fingerprint density at radius 1 is 1.24 bits per heavy atom. The number of carbonyl (C=O) groups is 1. The van der Waals surface area contributed by atoms with Gasteiger partial charge >= 0.3 is 0 Å². The second-order valence-corrected chi connectivity index (χ2v) is 6.68. The van der Waals surface area contributed by atoms with Crippen LogP contribution in [-0.2, 0) is 17.6 Å². The number of halogens is 1. The molecule has 0 radical (unpaired) electrons. The second kappa shape index (κ2) is 6.48. The standard InChI is InChI=1S/C19H19ClN2O3/c20-14-9-12(10-17-19(14)25-8-7-24-17)11-18(23)22-6-2-3-13-15(21)4-1-5-16(13)22/h1,4-5,9-10H,2-3,6-8,11,21H2. The number of benzene rings is 2. The topological polar surface area (TPSA) is 64.8 Å². The number of nitrogen functional groups attached to an aromatic ring is 1. The molecule has 0 aromatic heterocycles. The zero-order valence-corrected chi connectivity index (χ0v) is 14.5. The minimum Gasteiger partial charge on any atom is -0.486 e. The summed E-state index contributed by atoms with van der Waals surface area (Å²) in [5.74, 6) is 1.18. The van der Waals surface area contributed by atoms with Gasteiger partial charge in [-0.15, -0.1) is 0 Å². The average Bonchev–Trinajstić information content (AvgIpc) is 2.62. The molecule has 0 saturated heterocycles. The van der Waals surface area contributed by atoms with Gasteiger partial charge < -0.3 is 20.1 Å². The van der Waals surface area contributed by atoms with Crippen molar-refractivity contribution in [2.45, 2.75) is 19.3 Å². The van der Waals surface area contributed by atoms with Gasteiger partial charge in [0.2, 0.25) is 5.91 Å². The van der Waals surface area contributed by atoms with E-state index in [1.165, 1.54) is 0 Å². The minimum absolute atomic E-state index is 0.0271. The van der Waals surface area contributed by atoms with E-state index < -0.39 is 0 Å². The van der Waals surface area contributed by atoms with Crippen molar-refractivity contribution in [1.29, 1.82) is 0 Å². The molecule has 0 spiro atoms. The molecule has 0 saturated carbocycles. The first-order valence-corrected chi connectivity index (χ1v) is 8.77. The summed E-state index contributed by atoms with van der Waals surface area (Å²) < 4.78 is 11.1. The summed E-state index contributed by atoms with van der Waals surface area (Å²) >= 11 is 6.27. The van der Waals surface area contributed by atoms with E-state index in [1.807, 2.05) is 29.2 Å². The van der Waals surface area contributed by atoms with Gasteiger partial charge in [-0.05, 0) is 48.2 Å². The fourth-order valence-electron chi connectivity index (χ4n) is 3.45. The molecule has 5 nitrogen and oxygen atoms in total. The highest BCUT2D eigenvalue weighted by atomic mass is 35.5. The third kappa shape index (κ3) is 3.00. The lowest BCUT2D eigenvalue weighted by atomic mass is 9.99. The van der Waals surface area contributed by atoms with Gasteiger partial charge in [0.15, 0.2) is 11.5 Å². The van der Waals surface area contributed by atoms with E-state index in [4.69, 9.17) is 26.8 Å². The van der Waals surface area contributed by atoms with Gasteiger partial charge in [-0.1, -0.05) is 17.7 Å². The molecule has 2 aromatic carbocycles. The summed E-state index contributed by atoms with van der Waals surface area (Å²) in [6, 6.07) is 9.34. The maximum absolute atomic E-state index is 12.9. The first kappa shape index (κ1) is 16.1. The zero-order chi connectivity index (χ0) is 17.4. The molecule has 0 aliphatic carbocycles. The van der Waals surface area contributed by atoms with Crippen LogP contribution in [0.3, 0.4) is 0 Å². The third-order valence-corrected chi connectivity index (χ3v) is 4.88. The maximum Gasteiger partial charge on any atom is 0.231 e. The van der Waals surface area contributed by atoms with E-state index in [1.54, 1.807) is 6.07 Å². The molecule has 6 heteroatoms. The van der Waals surface area contributed by atoms with Crippen LogP contribution in [0.2, 0.25) is 5.02 Å². The van der Waals surface area contributed by atoms with E-state index in [0.29, 0.717) is 36.3 Å². The van der Waals surface area contributed by atoms with Crippen molar-refractivity contribution >= 4 is 28.9 Å². The number of hydrogen-bond donors (Lipinski definition) is 1. The molecular weight excluding hydrogens is 340 g/mol. The zero-order valence-electron chi connectivity index (χ0n) is 13.8. The molecule has 25 heavy (non-hydrogen) atoms. The van der Waals surface area contributed by atoms with Crippen molar-refractivity contribution in [3.8, 4) is 11.5 Å². The summed E-state index contributed by atoms with van der Waals surface area (Å²) in [7, 11) is 0. The van der Waals surface area contributed by atoms with E-state index in [0.717, 1.165) is 35.3 Å². The van der Waals surface area contributed by atoms with Crippen molar-refractivity contribution in [2.24, 2.45) is 0 Å². The summed E-state index contributed by atoms with van der Waals surface area (Å²) in [5, 5.41) is 0.475. The molecule has 2 aromatic rings. The van der Waals surface area contributed by atoms with E-state index in [9.17, 15) is 4.79 Å². The quantitative estimate of drug-likeness (QED) is 0.837. The largest absolute Gasteiger partial charge is 0.486 e. The third-order valence-electron chi connectivity index (χ3n) is 4.60. The van der Waals surface area contributed by atoms with E-state index >= 15 is 0 Å². The molecule has 2 aliphatic rings. The fourth-order valence-corrected chi connectivity index (χ4v) is 3.73. The van der Waals surface area contributed by atoms with Crippen LogP contribution in [0.4, 0.5) is 11.4 Å². The van der Waals surface area contributed by atoms with Crippen molar-refractivity contribution in [3.63, 3.8) is 0 Å². The Kier molecular flexibility index (Phi) is 4.17. The predicted molar refractivity (Wildman–Crippen MR) is 97.7 cm³/mol. The molecule has 0 bridgehead atoms. The van der Waals surface area contributed by atoms with E-state index in [-0.39, 0.29) is 12.3 Å². The number of amides is 1. The van der Waals surface area contributed by atoms with Crippen LogP contribution in [0.1, 0.15) is 17.5 Å². The van der Waals surface area contributed by atoms with Crippen LogP contribution < -0.4 is 20.1 Å². The Bertz CT molecular complexity index is 838. The first-order valence-electron chi connectivity index (χ1n) is 8.39. The molecular formula is C19H19ClN2O3. The van der Waals surface area contributed by atoms with Crippen LogP contribution in [0.15, 0.2) is 30.3 Å². The van der Waals surface area contributed by atoms with Crippen LogP contribution >= 0.6 is 11.6 Å². The number of nitrogens with zero attached hydrogens (tertiary/aromatic N) is 1. The highest BCUT2D eigenvalue weighted by molar-refractivity contribution is 6.32. The van der Waals surface area contributed by atoms with Crippen LogP contribution in [0, 0.1) is 0 Å². The van der Waals surface area contributed by atoms with Crippen LogP contribution in [0.5, 0.6) is 11.5 Å². The lowest BCUT2D eigenvalue weighted by Gasteiger charge is -2.30. The molecule has 0 atom stereocenters. The Morgan fingerprint density at radius 3 is 2.96 bits per heavy atom. The van der Waals surface area contributed by atoms with Gasteiger partial charge in [-0.3, -0.25) is 4.79 Å². The predicted octanol–water partition coefficient (Wildman–Crippen LogP) is 3.22. The number of hydrogen-bond acceptors (Lipinski definition) is 4. The number of carbonyl (C=O) groups excluding carboxylic acids is 1. The SMILES string of the molecule is Nc1cccc2c1CCCN2C(=O)Cc1cc(Cl)c2c(c1)OCCO2. The fraction of sp³-hybridized carbons (Fsp3) is 0.316. The summed E-state index contributed by atoms with van der Waals surface area (Å²) in [5.41, 5.74) is 9.60. The molecule has 1 amide bonds. The molecule has 2 heterocycles. The first-order chi connectivity index (χ1) is 12.1. The smallest absolute Gasteiger partial charge is 0.231 e. The molecule has 0 fully saturated rings. The lowest BCUT2D eigenvalue weighted by Crippen LogP contribution is -2.36. The molecule has 2 N–H and O–H groups in total. The average molecular weight is 359 g/mol. The number of ether oxygens (including phenoxy) is 2. The van der Waals surface area contributed by atoms with Gasteiger partial charge in [0.05, 0.1) is 11.4 Å². The van der Waals surface area contributed by atoms with Crippen molar-refractivity contribution < 1.29 is 14.3 Å².